The lowest BCUT2D eigenvalue weighted by atomic mass is 10.1. The first-order valence-corrected chi connectivity index (χ1v) is 5.75. The van der Waals surface area contributed by atoms with Crippen molar-refractivity contribution in [2.45, 2.75) is 18.4 Å². The molecule has 1 aromatic rings. The molecule has 0 radical (unpaired) electrons. The fraction of sp³-hybridized carbons (Fsp3) is 0.500. The Morgan fingerprint density at radius 1 is 1.14 bits per heavy atom. The van der Waals surface area contributed by atoms with Crippen LogP contribution in [-0.4, -0.2) is 32.6 Å². The number of likely N-dealkylation sites (N-methyl/N-ethyl adjacent to an activating group) is 1. The van der Waals surface area contributed by atoms with Crippen LogP contribution in [0, 0.1) is 17.5 Å². The molecular formula is C12H12F7NO. The van der Waals surface area contributed by atoms with Crippen molar-refractivity contribution < 1.29 is 35.5 Å². The number of hydrogen-bond donors (Lipinski definition) is 1. The maximum atomic E-state index is 13.5. The zero-order valence-electron chi connectivity index (χ0n) is 10.8. The Balaban J connectivity index is 2.75. The predicted molar refractivity (Wildman–Crippen MR) is 59.9 cm³/mol. The van der Waals surface area contributed by atoms with E-state index in [4.69, 9.17) is 0 Å². The van der Waals surface area contributed by atoms with Crippen molar-refractivity contribution in [1.82, 2.24) is 5.32 Å². The zero-order chi connectivity index (χ0) is 16.2. The number of rotatable bonds is 7. The molecule has 0 heterocycles. The number of alkyl halides is 4. The Hall–Kier alpha value is -1.35. The standard InChI is InChI=1S/C12H12F7NO/c1-20-8(4-21-5-12(18,19)11(16)17)6-2-3-7(13)10(15)9(6)14/h2-3,8,11,20H,4-5H2,1H3. The fourth-order valence-electron chi connectivity index (χ4n) is 1.51. The summed E-state index contributed by atoms with van der Waals surface area (Å²) < 4.78 is 92.8. The van der Waals surface area contributed by atoms with Gasteiger partial charge in [0.05, 0.1) is 12.6 Å². The molecule has 0 aliphatic rings. The van der Waals surface area contributed by atoms with Crippen molar-refractivity contribution in [1.29, 1.82) is 0 Å². The highest BCUT2D eigenvalue weighted by atomic mass is 19.3. The first kappa shape index (κ1) is 17.7. The van der Waals surface area contributed by atoms with Gasteiger partial charge in [-0.2, -0.15) is 8.78 Å². The molecule has 0 spiro atoms. The number of nitrogens with one attached hydrogen (secondary N) is 1. The summed E-state index contributed by atoms with van der Waals surface area (Å²) in [6.45, 7) is -2.20. The summed E-state index contributed by atoms with van der Waals surface area (Å²) >= 11 is 0. The molecular weight excluding hydrogens is 307 g/mol. The number of hydrogen-bond acceptors (Lipinski definition) is 2. The average Bonchev–Trinajstić information content (AvgIpc) is 2.42. The van der Waals surface area contributed by atoms with Gasteiger partial charge < -0.3 is 10.1 Å². The highest BCUT2D eigenvalue weighted by Gasteiger charge is 2.41. The van der Waals surface area contributed by atoms with Gasteiger partial charge in [-0.1, -0.05) is 6.07 Å². The minimum atomic E-state index is -4.34. The first-order valence-electron chi connectivity index (χ1n) is 5.75. The van der Waals surface area contributed by atoms with Crippen molar-refractivity contribution >= 4 is 0 Å². The molecule has 0 amide bonds. The third kappa shape index (κ3) is 4.31. The average molecular weight is 319 g/mol. The molecule has 0 saturated carbocycles. The quantitative estimate of drug-likeness (QED) is 0.615. The number of halogens is 7. The Labute approximate surface area is 115 Å². The molecule has 21 heavy (non-hydrogen) atoms. The van der Waals surface area contributed by atoms with Crippen LogP contribution in [0.4, 0.5) is 30.7 Å². The summed E-state index contributed by atoms with van der Waals surface area (Å²) in [4.78, 5) is 0. The molecule has 0 saturated heterocycles. The van der Waals surface area contributed by atoms with Crippen LogP contribution in [0.5, 0.6) is 0 Å². The predicted octanol–water partition coefficient (Wildman–Crippen LogP) is 3.28. The van der Waals surface area contributed by atoms with E-state index in [0.29, 0.717) is 6.07 Å². The van der Waals surface area contributed by atoms with Crippen LogP contribution in [0.15, 0.2) is 12.1 Å². The van der Waals surface area contributed by atoms with Crippen molar-refractivity contribution in [2.24, 2.45) is 0 Å². The smallest absolute Gasteiger partial charge is 0.330 e. The second kappa shape index (κ2) is 7.08. The van der Waals surface area contributed by atoms with Gasteiger partial charge in [-0.25, -0.2) is 22.0 Å². The highest BCUT2D eigenvalue weighted by Crippen LogP contribution is 2.25. The third-order valence-corrected chi connectivity index (χ3v) is 2.69. The van der Waals surface area contributed by atoms with E-state index in [9.17, 15) is 30.7 Å². The van der Waals surface area contributed by atoms with E-state index in [1.807, 2.05) is 0 Å². The maximum Gasteiger partial charge on any atom is 0.330 e. The third-order valence-electron chi connectivity index (χ3n) is 2.69. The van der Waals surface area contributed by atoms with Crippen LogP contribution in [0.25, 0.3) is 0 Å². The monoisotopic (exact) mass is 319 g/mol. The van der Waals surface area contributed by atoms with Gasteiger partial charge in [0, 0.05) is 5.56 Å². The Morgan fingerprint density at radius 3 is 2.29 bits per heavy atom. The molecule has 0 fully saturated rings. The van der Waals surface area contributed by atoms with Gasteiger partial charge in [0.1, 0.15) is 6.61 Å². The molecule has 0 aromatic heterocycles. The van der Waals surface area contributed by atoms with Crippen LogP contribution < -0.4 is 5.32 Å². The summed E-state index contributed by atoms with van der Waals surface area (Å²) in [6, 6.07) is 0.462. The largest absolute Gasteiger partial charge is 0.373 e. The molecule has 120 valence electrons. The molecule has 0 bridgehead atoms. The SMILES string of the molecule is CNC(COCC(F)(F)C(F)F)c1ccc(F)c(F)c1F. The summed E-state index contributed by atoms with van der Waals surface area (Å²) in [5.74, 6) is -8.97. The lowest BCUT2D eigenvalue weighted by molar-refractivity contribution is -0.167. The van der Waals surface area contributed by atoms with Gasteiger partial charge in [0.15, 0.2) is 17.5 Å². The summed E-state index contributed by atoms with van der Waals surface area (Å²) in [5, 5.41) is 2.43. The lowest BCUT2D eigenvalue weighted by Gasteiger charge is -2.20. The summed E-state index contributed by atoms with van der Waals surface area (Å²) in [6.07, 6.45) is -3.90. The molecule has 9 heteroatoms. The number of benzene rings is 1. The van der Waals surface area contributed by atoms with Crippen molar-refractivity contribution in [3.63, 3.8) is 0 Å². The van der Waals surface area contributed by atoms with Crippen LogP contribution in [0.2, 0.25) is 0 Å². The van der Waals surface area contributed by atoms with E-state index < -0.39 is 49.1 Å². The minimum absolute atomic E-state index is 0.364. The van der Waals surface area contributed by atoms with Crippen LogP contribution in [0.3, 0.4) is 0 Å². The van der Waals surface area contributed by atoms with Gasteiger partial charge >= 0.3 is 12.3 Å². The summed E-state index contributed by atoms with van der Waals surface area (Å²) in [5.41, 5.74) is -0.364. The van der Waals surface area contributed by atoms with Gasteiger partial charge in [0.25, 0.3) is 0 Å². The minimum Gasteiger partial charge on any atom is -0.373 e. The van der Waals surface area contributed by atoms with Gasteiger partial charge in [-0.15, -0.1) is 0 Å². The topological polar surface area (TPSA) is 21.3 Å². The van der Waals surface area contributed by atoms with Gasteiger partial charge in [-0.05, 0) is 13.1 Å². The molecule has 0 aliphatic heterocycles. The Kier molecular flexibility index (Phi) is 5.97. The Morgan fingerprint density at radius 2 is 1.76 bits per heavy atom. The van der Waals surface area contributed by atoms with Crippen molar-refractivity contribution in [3.8, 4) is 0 Å². The maximum absolute atomic E-state index is 13.5. The van der Waals surface area contributed by atoms with Crippen LogP contribution >= 0.6 is 0 Å². The zero-order valence-corrected chi connectivity index (χ0v) is 10.8. The second-order valence-corrected chi connectivity index (χ2v) is 4.18. The summed E-state index contributed by atoms with van der Waals surface area (Å²) in [7, 11) is 1.29. The highest BCUT2D eigenvalue weighted by molar-refractivity contribution is 5.23. The van der Waals surface area contributed by atoms with Crippen molar-refractivity contribution in [2.75, 3.05) is 20.3 Å². The lowest BCUT2D eigenvalue weighted by Crippen LogP contribution is -2.34. The molecule has 1 aromatic carbocycles. The normalized spacial score (nSPS) is 13.8. The van der Waals surface area contributed by atoms with E-state index in [-0.39, 0.29) is 5.56 Å². The molecule has 1 atom stereocenters. The van der Waals surface area contributed by atoms with E-state index >= 15 is 0 Å². The Bertz CT molecular complexity index is 481. The molecule has 1 unspecified atom stereocenters. The molecule has 2 nitrogen and oxygen atoms in total. The van der Waals surface area contributed by atoms with Crippen LogP contribution in [0.1, 0.15) is 11.6 Å². The van der Waals surface area contributed by atoms with Gasteiger partial charge in [-0.3, -0.25) is 0 Å². The van der Waals surface area contributed by atoms with E-state index in [2.05, 4.69) is 10.1 Å². The number of ether oxygens (including phenoxy) is 1. The van der Waals surface area contributed by atoms with E-state index in [1.165, 1.54) is 7.05 Å². The van der Waals surface area contributed by atoms with Crippen LogP contribution in [-0.2, 0) is 4.74 Å². The molecule has 1 rings (SSSR count). The van der Waals surface area contributed by atoms with E-state index in [0.717, 1.165) is 6.07 Å². The van der Waals surface area contributed by atoms with Crippen molar-refractivity contribution in [3.05, 3.63) is 35.1 Å². The van der Waals surface area contributed by atoms with Gasteiger partial charge in [0.2, 0.25) is 0 Å². The molecule has 1 N–H and O–H groups in total. The fourth-order valence-corrected chi connectivity index (χ4v) is 1.51. The molecule has 0 aliphatic carbocycles. The second-order valence-electron chi connectivity index (χ2n) is 4.18. The first-order chi connectivity index (χ1) is 9.70. The van der Waals surface area contributed by atoms with E-state index in [1.54, 1.807) is 0 Å².